The molecule has 1 aromatic carbocycles. The summed E-state index contributed by atoms with van der Waals surface area (Å²) in [6.07, 6.45) is 2.04. The van der Waals surface area contributed by atoms with Crippen LogP contribution in [0.2, 0.25) is 0 Å². The predicted molar refractivity (Wildman–Crippen MR) is 105 cm³/mol. The minimum Gasteiger partial charge on any atom is -0.465 e. The summed E-state index contributed by atoms with van der Waals surface area (Å²) in [6, 6.07) is 12.1. The van der Waals surface area contributed by atoms with Crippen LogP contribution in [0.25, 0.3) is 6.08 Å². The van der Waals surface area contributed by atoms with Crippen molar-refractivity contribution >= 4 is 29.5 Å². The number of piperazine rings is 1. The Balaban J connectivity index is 1.65. The molecule has 1 amide bonds. The van der Waals surface area contributed by atoms with Gasteiger partial charge >= 0.3 is 6.09 Å². The number of anilines is 2. The van der Waals surface area contributed by atoms with Crippen LogP contribution in [-0.4, -0.2) is 60.1 Å². The van der Waals surface area contributed by atoms with Crippen LogP contribution < -0.4 is 10.2 Å². The minimum absolute atomic E-state index is 0.163. The summed E-state index contributed by atoms with van der Waals surface area (Å²) in [5.41, 5.74) is 1.63. The molecule has 1 aliphatic heterocycles. The van der Waals surface area contributed by atoms with E-state index >= 15 is 0 Å². The largest absolute Gasteiger partial charge is 0.465 e. The zero-order chi connectivity index (χ0) is 19.2. The van der Waals surface area contributed by atoms with Crippen molar-refractivity contribution in [2.24, 2.45) is 0 Å². The van der Waals surface area contributed by atoms with Crippen molar-refractivity contribution in [2.45, 2.75) is 0 Å². The number of carbonyl (C=O) groups excluding carboxylic acids is 1. The van der Waals surface area contributed by atoms with Gasteiger partial charge in [-0.25, -0.2) is 9.78 Å². The molecule has 2 aromatic rings. The molecule has 2 heterocycles. The first kappa shape index (κ1) is 18.6. The van der Waals surface area contributed by atoms with Gasteiger partial charge in [-0.3, -0.25) is 10.1 Å². The van der Waals surface area contributed by atoms with Gasteiger partial charge in [0.2, 0.25) is 0 Å². The second-order valence-corrected chi connectivity index (χ2v) is 6.42. The molecule has 0 radical (unpaired) electrons. The van der Waals surface area contributed by atoms with Gasteiger partial charge in [-0.15, -0.1) is 0 Å². The SMILES string of the molecule is CN1CCN(c2cccc(C=CC(=O)c3ccc(NC(=O)O)cc3)n2)CC1. The second kappa shape index (κ2) is 8.46. The topological polar surface area (TPSA) is 85.8 Å². The summed E-state index contributed by atoms with van der Waals surface area (Å²) in [5, 5.41) is 10.9. The first-order chi connectivity index (χ1) is 13.0. The number of carboxylic acid groups (broad SMARTS) is 1. The number of hydrogen-bond donors (Lipinski definition) is 2. The van der Waals surface area contributed by atoms with Crippen molar-refractivity contribution in [3.05, 3.63) is 59.8 Å². The Morgan fingerprint density at radius 2 is 1.78 bits per heavy atom. The highest BCUT2D eigenvalue weighted by atomic mass is 16.4. The highest BCUT2D eigenvalue weighted by molar-refractivity contribution is 6.07. The van der Waals surface area contributed by atoms with Gasteiger partial charge in [0.05, 0.1) is 5.69 Å². The molecule has 7 nitrogen and oxygen atoms in total. The van der Waals surface area contributed by atoms with Crippen molar-refractivity contribution in [3.8, 4) is 0 Å². The van der Waals surface area contributed by atoms with Crippen LogP contribution >= 0.6 is 0 Å². The smallest absolute Gasteiger partial charge is 0.409 e. The van der Waals surface area contributed by atoms with E-state index in [2.05, 4.69) is 27.1 Å². The zero-order valence-electron chi connectivity index (χ0n) is 15.1. The normalized spacial score (nSPS) is 15.1. The average molecular weight is 366 g/mol. The number of allylic oxidation sites excluding steroid dienone is 1. The summed E-state index contributed by atoms with van der Waals surface area (Å²) < 4.78 is 0. The maximum absolute atomic E-state index is 12.3. The van der Waals surface area contributed by atoms with Gasteiger partial charge in [-0.2, -0.15) is 0 Å². The number of nitrogens with one attached hydrogen (secondary N) is 1. The molecule has 2 N–H and O–H groups in total. The number of pyridine rings is 1. The summed E-state index contributed by atoms with van der Waals surface area (Å²) >= 11 is 0. The number of likely N-dealkylation sites (N-methyl/N-ethyl adjacent to an activating group) is 1. The standard InChI is InChI=1S/C20H22N4O3/c1-23-11-13-24(14-12-23)19-4-2-3-16(21-19)9-10-18(25)15-5-7-17(8-6-15)22-20(26)27/h2-10,22H,11-14H2,1H3,(H,26,27). The van der Waals surface area contributed by atoms with Gasteiger partial charge in [-0.1, -0.05) is 6.07 Å². The van der Waals surface area contributed by atoms with Crippen LogP contribution in [0.1, 0.15) is 16.1 Å². The Morgan fingerprint density at radius 3 is 2.44 bits per heavy atom. The van der Waals surface area contributed by atoms with Crippen LogP contribution in [0.5, 0.6) is 0 Å². The van der Waals surface area contributed by atoms with Gasteiger partial charge in [-0.05, 0) is 55.6 Å². The molecule has 1 fully saturated rings. The molecule has 0 bridgehead atoms. The van der Waals surface area contributed by atoms with Gasteiger partial charge in [0.25, 0.3) is 0 Å². The van der Waals surface area contributed by atoms with E-state index in [-0.39, 0.29) is 5.78 Å². The second-order valence-electron chi connectivity index (χ2n) is 6.42. The fourth-order valence-corrected chi connectivity index (χ4v) is 2.84. The third-order valence-corrected chi connectivity index (χ3v) is 4.41. The Kier molecular flexibility index (Phi) is 5.83. The number of carbonyl (C=O) groups is 2. The molecular weight excluding hydrogens is 344 g/mol. The summed E-state index contributed by atoms with van der Waals surface area (Å²) in [5.74, 6) is 0.755. The molecule has 7 heteroatoms. The Bertz CT molecular complexity index is 841. The quantitative estimate of drug-likeness (QED) is 0.625. The first-order valence-corrected chi connectivity index (χ1v) is 8.74. The monoisotopic (exact) mass is 366 g/mol. The molecule has 0 aliphatic carbocycles. The molecule has 140 valence electrons. The minimum atomic E-state index is -1.14. The molecule has 3 rings (SSSR count). The van der Waals surface area contributed by atoms with Gasteiger partial charge in [0.15, 0.2) is 5.78 Å². The van der Waals surface area contributed by atoms with E-state index < -0.39 is 6.09 Å². The van der Waals surface area contributed by atoms with Gasteiger partial charge in [0, 0.05) is 37.4 Å². The summed E-state index contributed by atoms with van der Waals surface area (Å²) in [4.78, 5) is 32.1. The number of ketones is 1. The van der Waals surface area contributed by atoms with E-state index in [0.717, 1.165) is 37.7 Å². The van der Waals surface area contributed by atoms with E-state index in [1.54, 1.807) is 30.3 Å². The molecule has 0 unspecified atom stereocenters. The number of amides is 1. The highest BCUT2D eigenvalue weighted by Crippen LogP contribution is 2.15. The fourth-order valence-electron chi connectivity index (χ4n) is 2.84. The lowest BCUT2D eigenvalue weighted by atomic mass is 10.1. The van der Waals surface area contributed by atoms with Crippen LogP contribution in [0.4, 0.5) is 16.3 Å². The van der Waals surface area contributed by atoms with Gasteiger partial charge in [0.1, 0.15) is 5.82 Å². The number of aromatic nitrogens is 1. The van der Waals surface area contributed by atoms with E-state index in [1.165, 1.54) is 6.08 Å². The molecule has 1 aliphatic rings. The number of hydrogen-bond acceptors (Lipinski definition) is 5. The average Bonchev–Trinajstić information content (AvgIpc) is 2.67. The van der Waals surface area contributed by atoms with Crippen molar-refractivity contribution in [1.82, 2.24) is 9.88 Å². The Hall–Kier alpha value is -3.19. The predicted octanol–water partition coefficient (Wildman–Crippen LogP) is 2.82. The van der Waals surface area contributed by atoms with E-state index in [1.807, 2.05) is 18.2 Å². The number of nitrogens with zero attached hydrogens (tertiary/aromatic N) is 3. The van der Waals surface area contributed by atoms with Crippen LogP contribution in [-0.2, 0) is 0 Å². The maximum Gasteiger partial charge on any atom is 0.409 e. The van der Waals surface area contributed by atoms with E-state index in [0.29, 0.717) is 11.3 Å². The van der Waals surface area contributed by atoms with E-state index in [4.69, 9.17) is 5.11 Å². The van der Waals surface area contributed by atoms with Crippen LogP contribution in [0, 0.1) is 0 Å². The lowest BCUT2D eigenvalue weighted by molar-refractivity contribution is 0.104. The Labute approximate surface area is 157 Å². The van der Waals surface area contributed by atoms with Crippen molar-refractivity contribution in [1.29, 1.82) is 0 Å². The van der Waals surface area contributed by atoms with E-state index in [9.17, 15) is 9.59 Å². The molecule has 1 saturated heterocycles. The molecule has 0 atom stereocenters. The van der Waals surface area contributed by atoms with Crippen molar-refractivity contribution in [2.75, 3.05) is 43.4 Å². The Morgan fingerprint density at radius 1 is 1.07 bits per heavy atom. The lowest BCUT2D eigenvalue weighted by Gasteiger charge is -2.33. The fraction of sp³-hybridized carbons (Fsp3) is 0.250. The maximum atomic E-state index is 12.3. The third kappa shape index (κ3) is 5.15. The van der Waals surface area contributed by atoms with Crippen molar-refractivity contribution in [3.63, 3.8) is 0 Å². The highest BCUT2D eigenvalue weighted by Gasteiger charge is 2.15. The molecular formula is C20H22N4O3. The summed E-state index contributed by atoms with van der Waals surface area (Å²) in [7, 11) is 2.11. The third-order valence-electron chi connectivity index (χ3n) is 4.41. The first-order valence-electron chi connectivity index (χ1n) is 8.74. The molecule has 27 heavy (non-hydrogen) atoms. The number of benzene rings is 1. The van der Waals surface area contributed by atoms with Crippen molar-refractivity contribution < 1.29 is 14.7 Å². The summed E-state index contributed by atoms with van der Waals surface area (Å²) in [6.45, 7) is 3.89. The van der Waals surface area contributed by atoms with Gasteiger partial charge < -0.3 is 14.9 Å². The van der Waals surface area contributed by atoms with Crippen LogP contribution in [0.3, 0.4) is 0 Å². The molecule has 0 saturated carbocycles. The number of rotatable bonds is 5. The lowest BCUT2D eigenvalue weighted by Crippen LogP contribution is -2.44. The zero-order valence-corrected chi connectivity index (χ0v) is 15.1. The molecule has 1 aromatic heterocycles. The molecule has 0 spiro atoms. The van der Waals surface area contributed by atoms with Crippen LogP contribution in [0.15, 0.2) is 48.5 Å².